The standard InChI is InChI=1S/C9H8ClFO3/c1-4-5(8(12)9(13)14)2-3-6(10)7(4)11/h2-3,8,12H,1H3,(H,13,14). The van der Waals surface area contributed by atoms with Crippen LogP contribution in [0.2, 0.25) is 5.02 Å². The summed E-state index contributed by atoms with van der Waals surface area (Å²) in [6, 6.07) is 2.50. The molecule has 14 heavy (non-hydrogen) atoms. The third-order valence-corrected chi connectivity index (χ3v) is 2.20. The molecule has 0 saturated carbocycles. The van der Waals surface area contributed by atoms with E-state index >= 15 is 0 Å². The number of aliphatic carboxylic acids is 1. The topological polar surface area (TPSA) is 57.5 Å². The summed E-state index contributed by atoms with van der Waals surface area (Å²) in [6.07, 6.45) is -1.72. The van der Waals surface area contributed by atoms with Crippen LogP contribution in [0.5, 0.6) is 0 Å². The number of carboxylic acids is 1. The highest BCUT2D eigenvalue weighted by Gasteiger charge is 2.20. The summed E-state index contributed by atoms with van der Waals surface area (Å²) < 4.78 is 13.2. The molecular weight excluding hydrogens is 211 g/mol. The van der Waals surface area contributed by atoms with E-state index in [1.54, 1.807) is 0 Å². The second-order valence-electron chi connectivity index (χ2n) is 2.82. The van der Waals surface area contributed by atoms with Gasteiger partial charge in [0.25, 0.3) is 0 Å². The molecule has 1 aromatic carbocycles. The molecule has 0 heterocycles. The van der Waals surface area contributed by atoms with Crippen molar-refractivity contribution in [3.8, 4) is 0 Å². The largest absolute Gasteiger partial charge is 0.479 e. The number of benzene rings is 1. The van der Waals surface area contributed by atoms with Crippen LogP contribution < -0.4 is 0 Å². The van der Waals surface area contributed by atoms with Crippen LogP contribution in [-0.2, 0) is 4.79 Å². The zero-order valence-corrected chi connectivity index (χ0v) is 8.05. The Hall–Kier alpha value is -1.13. The molecular formula is C9H8ClFO3. The molecule has 0 aliphatic carbocycles. The molecule has 1 aromatic rings. The first-order valence-corrected chi connectivity index (χ1v) is 4.18. The molecule has 0 aliphatic heterocycles. The fourth-order valence-electron chi connectivity index (χ4n) is 1.10. The number of aliphatic hydroxyl groups is 1. The second-order valence-corrected chi connectivity index (χ2v) is 3.22. The van der Waals surface area contributed by atoms with Gasteiger partial charge in [0.05, 0.1) is 5.02 Å². The summed E-state index contributed by atoms with van der Waals surface area (Å²) in [5, 5.41) is 17.6. The second kappa shape index (κ2) is 3.94. The number of carboxylic acid groups (broad SMARTS) is 1. The van der Waals surface area contributed by atoms with Gasteiger partial charge in [0.15, 0.2) is 6.10 Å². The zero-order chi connectivity index (χ0) is 10.9. The number of carbonyl (C=O) groups is 1. The minimum absolute atomic E-state index is 0.0133. The van der Waals surface area contributed by atoms with Crippen molar-refractivity contribution in [1.29, 1.82) is 0 Å². The van der Waals surface area contributed by atoms with Gasteiger partial charge < -0.3 is 10.2 Å². The Morgan fingerprint density at radius 1 is 1.57 bits per heavy atom. The molecule has 1 rings (SSSR count). The average molecular weight is 219 g/mol. The Kier molecular flexibility index (Phi) is 3.08. The molecule has 0 fully saturated rings. The number of hydrogen-bond donors (Lipinski definition) is 2. The maximum absolute atomic E-state index is 13.2. The number of halogens is 2. The van der Waals surface area contributed by atoms with Crippen LogP contribution in [0.4, 0.5) is 4.39 Å². The summed E-state index contributed by atoms with van der Waals surface area (Å²) in [5.41, 5.74) is 0.0619. The van der Waals surface area contributed by atoms with Crippen LogP contribution in [-0.4, -0.2) is 16.2 Å². The van der Waals surface area contributed by atoms with E-state index in [0.29, 0.717) is 0 Å². The van der Waals surface area contributed by atoms with Gasteiger partial charge in [0.1, 0.15) is 5.82 Å². The lowest BCUT2D eigenvalue weighted by Crippen LogP contribution is -2.12. The predicted molar refractivity (Wildman–Crippen MR) is 48.7 cm³/mol. The van der Waals surface area contributed by atoms with Gasteiger partial charge in [0, 0.05) is 0 Å². The summed E-state index contributed by atoms with van der Waals surface area (Å²) in [6.45, 7) is 1.36. The number of hydrogen-bond acceptors (Lipinski definition) is 2. The lowest BCUT2D eigenvalue weighted by molar-refractivity contribution is -0.147. The Morgan fingerprint density at radius 2 is 2.14 bits per heavy atom. The van der Waals surface area contributed by atoms with E-state index < -0.39 is 17.9 Å². The highest BCUT2D eigenvalue weighted by atomic mass is 35.5. The normalized spacial score (nSPS) is 12.6. The van der Waals surface area contributed by atoms with Gasteiger partial charge in [-0.15, -0.1) is 0 Å². The van der Waals surface area contributed by atoms with Crippen LogP contribution in [0.15, 0.2) is 12.1 Å². The van der Waals surface area contributed by atoms with Crippen molar-refractivity contribution in [2.75, 3.05) is 0 Å². The Bertz CT molecular complexity index is 379. The lowest BCUT2D eigenvalue weighted by atomic mass is 10.0. The third kappa shape index (κ3) is 1.86. The molecule has 1 atom stereocenters. The SMILES string of the molecule is Cc1c(C(O)C(=O)O)ccc(Cl)c1F. The molecule has 1 unspecified atom stereocenters. The molecule has 3 nitrogen and oxygen atoms in total. The first kappa shape index (κ1) is 10.9. The van der Waals surface area contributed by atoms with Gasteiger partial charge in [-0.1, -0.05) is 17.7 Å². The molecule has 76 valence electrons. The van der Waals surface area contributed by atoms with Crippen molar-refractivity contribution in [2.24, 2.45) is 0 Å². The van der Waals surface area contributed by atoms with E-state index in [4.69, 9.17) is 16.7 Å². The van der Waals surface area contributed by atoms with Crippen molar-refractivity contribution in [3.63, 3.8) is 0 Å². The Morgan fingerprint density at radius 3 is 2.64 bits per heavy atom. The molecule has 0 aliphatic rings. The number of rotatable bonds is 2. The maximum Gasteiger partial charge on any atom is 0.337 e. The summed E-state index contributed by atoms with van der Waals surface area (Å²) in [5.74, 6) is -2.13. The first-order valence-electron chi connectivity index (χ1n) is 3.80. The van der Waals surface area contributed by atoms with Gasteiger partial charge in [-0.25, -0.2) is 9.18 Å². The molecule has 0 radical (unpaired) electrons. The van der Waals surface area contributed by atoms with E-state index in [1.807, 2.05) is 0 Å². The van der Waals surface area contributed by atoms with Crippen LogP contribution in [0.25, 0.3) is 0 Å². The monoisotopic (exact) mass is 218 g/mol. The minimum Gasteiger partial charge on any atom is -0.479 e. The van der Waals surface area contributed by atoms with Crippen LogP contribution in [0.3, 0.4) is 0 Å². The zero-order valence-electron chi connectivity index (χ0n) is 7.29. The van der Waals surface area contributed by atoms with Gasteiger partial charge >= 0.3 is 5.97 Å². The molecule has 0 amide bonds. The molecule has 0 spiro atoms. The molecule has 2 N–H and O–H groups in total. The van der Waals surface area contributed by atoms with Gasteiger partial charge in [0.2, 0.25) is 0 Å². The Labute approximate surface area is 84.7 Å². The van der Waals surface area contributed by atoms with E-state index in [-0.39, 0.29) is 16.1 Å². The van der Waals surface area contributed by atoms with Crippen LogP contribution in [0.1, 0.15) is 17.2 Å². The molecule has 0 aromatic heterocycles. The molecule has 0 bridgehead atoms. The van der Waals surface area contributed by atoms with E-state index in [9.17, 15) is 14.3 Å². The maximum atomic E-state index is 13.2. The number of aliphatic hydroxyl groups excluding tert-OH is 1. The predicted octanol–water partition coefficient (Wildman–Crippen LogP) is 1.91. The third-order valence-electron chi connectivity index (χ3n) is 1.91. The first-order chi connectivity index (χ1) is 6.45. The quantitative estimate of drug-likeness (QED) is 0.797. The summed E-state index contributed by atoms with van der Waals surface area (Å²) in [4.78, 5) is 10.4. The van der Waals surface area contributed by atoms with Gasteiger partial charge in [-0.3, -0.25) is 0 Å². The fraction of sp³-hybridized carbons (Fsp3) is 0.222. The molecule has 0 saturated heterocycles. The smallest absolute Gasteiger partial charge is 0.337 e. The van der Waals surface area contributed by atoms with Gasteiger partial charge in [-0.05, 0) is 24.1 Å². The van der Waals surface area contributed by atoms with Crippen molar-refractivity contribution >= 4 is 17.6 Å². The summed E-state index contributed by atoms with van der Waals surface area (Å²) in [7, 11) is 0. The van der Waals surface area contributed by atoms with Crippen molar-refractivity contribution < 1.29 is 19.4 Å². The van der Waals surface area contributed by atoms with Gasteiger partial charge in [-0.2, -0.15) is 0 Å². The highest BCUT2D eigenvalue weighted by Crippen LogP contribution is 2.25. The highest BCUT2D eigenvalue weighted by molar-refractivity contribution is 6.30. The fourth-order valence-corrected chi connectivity index (χ4v) is 1.30. The van der Waals surface area contributed by atoms with Crippen molar-refractivity contribution in [1.82, 2.24) is 0 Å². The van der Waals surface area contributed by atoms with Crippen molar-refractivity contribution in [2.45, 2.75) is 13.0 Å². The van der Waals surface area contributed by atoms with Crippen molar-refractivity contribution in [3.05, 3.63) is 34.1 Å². The van der Waals surface area contributed by atoms with E-state index in [0.717, 1.165) is 0 Å². The average Bonchev–Trinajstić information content (AvgIpc) is 2.13. The van der Waals surface area contributed by atoms with E-state index in [1.165, 1.54) is 19.1 Å². The summed E-state index contributed by atoms with van der Waals surface area (Å²) >= 11 is 5.47. The van der Waals surface area contributed by atoms with Crippen LogP contribution >= 0.6 is 11.6 Å². The minimum atomic E-state index is -1.72. The van der Waals surface area contributed by atoms with Crippen LogP contribution in [0, 0.1) is 12.7 Å². The Balaban J connectivity index is 3.24. The lowest BCUT2D eigenvalue weighted by Gasteiger charge is -2.10. The molecule has 5 heteroatoms. The van der Waals surface area contributed by atoms with E-state index in [2.05, 4.69) is 0 Å².